The van der Waals surface area contributed by atoms with Gasteiger partial charge >= 0.3 is 0 Å². The van der Waals surface area contributed by atoms with E-state index in [-0.39, 0.29) is 18.6 Å². The van der Waals surface area contributed by atoms with Crippen LogP contribution in [0.4, 0.5) is 0 Å². The van der Waals surface area contributed by atoms with Crippen LogP contribution in [0.5, 0.6) is 0 Å². The van der Waals surface area contributed by atoms with E-state index in [1.807, 2.05) is 27.8 Å². The maximum absolute atomic E-state index is 12.3. The van der Waals surface area contributed by atoms with Crippen molar-refractivity contribution in [2.45, 2.75) is 33.2 Å². The summed E-state index contributed by atoms with van der Waals surface area (Å²) in [6.45, 7) is 6.19. The number of hydrogen-bond acceptors (Lipinski definition) is 3. The third-order valence-corrected chi connectivity index (χ3v) is 2.70. The van der Waals surface area contributed by atoms with Crippen LogP contribution < -0.4 is 0 Å². The topological polar surface area (TPSA) is 58.4 Å². The van der Waals surface area contributed by atoms with E-state index >= 15 is 0 Å². The van der Waals surface area contributed by atoms with Gasteiger partial charge in [0.25, 0.3) is 5.91 Å². The third-order valence-electron chi connectivity index (χ3n) is 2.70. The van der Waals surface area contributed by atoms with E-state index in [2.05, 4.69) is 5.10 Å². The Labute approximate surface area is 102 Å². The summed E-state index contributed by atoms with van der Waals surface area (Å²) in [7, 11) is 1.81. The number of carbonyl (C=O) groups is 1. The lowest BCUT2D eigenvalue weighted by Crippen LogP contribution is -2.39. The largest absolute Gasteiger partial charge is 0.395 e. The molecule has 0 atom stereocenters. The molecule has 0 aliphatic carbocycles. The van der Waals surface area contributed by atoms with Gasteiger partial charge in [-0.25, -0.2) is 0 Å². The minimum Gasteiger partial charge on any atom is -0.395 e. The molecule has 0 aliphatic rings. The Morgan fingerprint density at radius 2 is 2.24 bits per heavy atom. The number of nitrogens with zero attached hydrogens (tertiary/aromatic N) is 3. The highest BCUT2D eigenvalue weighted by Crippen LogP contribution is 2.12. The number of rotatable bonds is 5. The normalized spacial score (nSPS) is 10.9. The summed E-state index contributed by atoms with van der Waals surface area (Å²) in [4.78, 5) is 14.0. The molecule has 5 heteroatoms. The van der Waals surface area contributed by atoms with Crippen LogP contribution in [0.15, 0.2) is 6.20 Å². The Bertz CT molecular complexity index is 385. The van der Waals surface area contributed by atoms with Gasteiger partial charge in [-0.1, -0.05) is 6.92 Å². The van der Waals surface area contributed by atoms with Crippen molar-refractivity contribution in [1.29, 1.82) is 0 Å². The zero-order chi connectivity index (χ0) is 13.0. The van der Waals surface area contributed by atoms with Gasteiger partial charge in [0, 0.05) is 25.8 Å². The van der Waals surface area contributed by atoms with Gasteiger partial charge in [-0.3, -0.25) is 9.48 Å². The zero-order valence-electron chi connectivity index (χ0n) is 11.0. The van der Waals surface area contributed by atoms with Gasteiger partial charge in [-0.05, 0) is 20.3 Å². The molecule has 0 unspecified atom stereocenters. The molecule has 5 nitrogen and oxygen atoms in total. The van der Waals surface area contributed by atoms with Crippen molar-refractivity contribution in [3.8, 4) is 0 Å². The summed E-state index contributed by atoms with van der Waals surface area (Å²) >= 11 is 0. The van der Waals surface area contributed by atoms with Crippen LogP contribution in [0.25, 0.3) is 0 Å². The smallest absolute Gasteiger partial charge is 0.257 e. The van der Waals surface area contributed by atoms with Crippen LogP contribution >= 0.6 is 0 Å². The molecule has 1 heterocycles. The van der Waals surface area contributed by atoms with E-state index in [4.69, 9.17) is 5.11 Å². The fourth-order valence-corrected chi connectivity index (χ4v) is 1.83. The van der Waals surface area contributed by atoms with Crippen LogP contribution in [0, 0.1) is 0 Å². The fourth-order valence-electron chi connectivity index (χ4n) is 1.83. The fraction of sp³-hybridized carbons (Fsp3) is 0.667. The molecule has 1 amide bonds. The third kappa shape index (κ3) is 3.06. The lowest BCUT2D eigenvalue weighted by molar-refractivity contribution is 0.0664. The maximum Gasteiger partial charge on any atom is 0.257 e. The summed E-state index contributed by atoms with van der Waals surface area (Å²) in [5, 5.41) is 13.3. The summed E-state index contributed by atoms with van der Waals surface area (Å²) in [6, 6.07) is 0.0690. The van der Waals surface area contributed by atoms with E-state index in [1.165, 1.54) is 0 Å². The molecule has 1 rings (SSSR count). The second-order valence-corrected chi connectivity index (χ2v) is 4.33. The number of aromatic nitrogens is 2. The lowest BCUT2D eigenvalue weighted by Gasteiger charge is -2.25. The number of amides is 1. The molecular weight excluding hydrogens is 218 g/mol. The second-order valence-electron chi connectivity index (χ2n) is 4.33. The van der Waals surface area contributed by atoms with E-state index in [9.17, 15) is 4.79 Å². The summed E-state index contributed by atoms with van der Waals surface area (Å²) in [5.41, 5.74) is 1.44. The predicted molar refractivity (Wildman–Crippen MR) is 65.8 cm³/mol. The van der Waals surface area contributed by atoms with Gasteiger partial charge in [0.1, 0.15) is 0 Å². The minimum atomic E-state index is -0.0565. The van der Waals surface area contributed by atoms with Crippen LogP contribution in [0.2, 0.25) is 0 Å². The highest BCUT2D eigenvalue weighted by molar-refractivity contribution is 5.95. The highest BCUT2D eigenvalue weighted by atomic mass is 16.3. The SMILES string of the molecule is CCc1nn(C)cc1C(=O)N(CCO)C(C)C. The summed E-state index contributed by atoms with van der Waals surface area (Å²) < 4.78 is 1.66. The van der Waals surface area contributed by atoms with E-state index < -0.39 is 0 Å². The molecule has 0 bridgehead atoms. The maximum atomic E-state index is 12.3. The molecule has 17 heavy (non-hydrogen) atoms. The Hall–Kier alpha value is -1.36. The molecule has 0 radical (unpaired) electrons. The molecule has 0 aliphatic heterocycles. The molecule has 1 aromatic heterocycles. The first-order valence-electron chi connectivity index (χ1n) is 5.95. The molecule has 0 fully saturated rings. The van der Waals surface area contributed by atoms with Crippen LogP contribution in [-0.2, 0) is 13.5 Å². The number of carbonyl (C=O) groups excluding carboxylic acids is 1. The van der Waals surface area contributed by atoms with Crippen molar-refractivity contribution < 1.29 is 9.90 Å². The first-order chi connectivity index (χ1) is 8.01. The molecule has 1 N–H and O–H groups in total. The quantitative estimate of drug-likeness (QED) is 0.827. The Kier molecular flexibility index (Phi) is 4.69. The minimum absolute atomic E-state index is 0.0222. The van der Waals surface area contributed by atoms with Crippen molar-refractivity contribution in [2.75, 3.05) is 13.2 Å². The van der Waals surface area contributed by atoms with Crippen molar-refractivity contribution in [3.63, 3.8) is 0 Å². The molecular formula is C12H21N3O2. The monoisotopic (exact) mass is 239 g/mol. The number of aryl methyl sites for hydroxylation is 2. The van der Waals surface area contributed by atoms with Gasteiger partial charge in [0.2, 0.25) is 0 Å². The van der Waals surface area contributed by atoms with E-state index in [1.54, 1.807) is 15.8 Å². The van der Waals surface area contributed by atoms with Gasteiger partial charge in [0.15, 0.2) is 0 Å². The van der Waals surface area contributed by atoms with Gasteiger partial charge in [-0.15, -0.1) is 0 Å². The second kappa shape index (κ2) is 5.82. The first kappa shape index (κ1) is 13.7. The van der Waals surface area contributed by atoms with Crippen molar-refractivity contribution in [3.05, 3.63) is 17.5 Å². The Morgan fingerprint density at radius 3 is 2.71 bits per heavy atom. The van der Waals surface area contributed by atoms with E-state index in [0.717, 1.165) is 12.1 Å². The summed E-state index contributed by atoms with van der Waals surface area (Å²) in [6.07, 6.45) is 2.47. The number of aliphatic hydroxyl groups excluding tert-OH is 1. The van der Waals surface area contributed by atoms with Crippen LogP contribution in [0.3, 0.4) is 0 Å². The molecule has 1 aromatic rings. The van der Waals surface area contributed by atoms with Crippen LogP contribution in [0.1, 0.15) is 36.8 Å². The average Bonchev–Trinajstić information content (AvgIpc) is 2.66. The highest BCUT2D eigenvalue weighted by Gasteiger charge is 2.22. The molecule has 96 valence electrons. The molecule has 0 aromatic carbocycles. The average molecular weight is 239 g/mol. The molecule has 0 saturated carbocycles. The zero-order valence-corrected chi connectivity index (χ0v) is 11.0. The standard InChI is InChI=1S/C12H21N3O2/c1-5-11-10(8-14(4)13-11)12(17)15(6-7-16)9(2)3/h8-9,16H,5-7H2,1-4H3. The number of aliphatic hydroxyl groups is 1. The van der Waals surface area contributed by atoms with Crippen LogP contribution in [-0.4, -0.2) is 44.9 Å². The van der Waals surface area contributed by atoms with Gasteiger partial charge in [-0.2, -0.15) is 5.10 Å². The predicted octanol–water partition coefficient (Wildman–Crippen LogP) is 0.825. The number of hydrogen-bond donors (Lipinski definition) is 1. The molecule has 0 saturated heterocycles. The van der Waals surface area contributed by atoms with Crippen molar-refractivity contribution >= 4 is 5.91 Å². The van der Waals surface area contributed by atoms with Crippen molar-refractivity contribution in [1.82, 2.24) is 14.7 Å². The molecule has 0 spiro atoms. The Balaban J connectivity index is 3.00. The first-order valence-corrected chi connectivity index (χ1v) is 5.95. The summed E-state index contributed by atoms with van der Waals surface area (Å²) in [5.74, 6) is -0.0565. The Morgan fingerprint density at radius 1 is 1.59 bits per heavy atom. The van der Waals surface area contributed by atoms with Gasteiger partial charge in [0.05, 0.1) is 17.9 Å². The van der Waals surface area contributed by atoms with Crippen molar-refractivity contribution in [2.24, 2.45) is 7.05 Å². The van der Waals surface area contributed by atoms with E-state index in [0.29, 0.717) is 12.1 Å². The lowest BCUT2D eigenvalue weighted by atomic mass is 10.1. The van der Waals surface area contributed by atoms with Gasteiger partial charge < -0.3 is 10.0 Å².